The molecule has 1 aliphatic carbocycles. The molecule has 5 heteroatoms. The van der Waals surface area contributed by atoms with Gasteiger partial charge in [-0.3, -0.25) is 4.79 Å². The third kappa shape index (κ3) is 3.55. The molecule has 0 spiro atoms. The van der Waals surface area contributed by atoms with Gasteiger partial charge in [-0.1, -0.05) is 31.9 Å². The second-order valence-electron chi connectivity index (χ2n) is 5.89. The van der Waals surface area contributed by atoms with Crippen molar-refractivity contribution in [1.82, 2.24) is 4.90 Å². The standard InChI is InChI=1S/C18H23NO4/c1-3-13-23-15-9-7-14(8-10-15)16(20)19(2)18(17(21)22)11-5-4-6-12-18/h3,7-10H,1,4-6,11-13H2,2H3,(H,21,22). The Balaban J connectivity index is 2.17. The van der Waals surface area contributed by atoms with Crippen LogP contribution in [0.5, 0.6) is 5.75 Å². The van der Waals surface area contributed by atoms with E-state index in [0.717, 1.165) is 19.3 Å². The Bertz CT molecular complexity index is 573. The average Bonchev–Trinajstić information content (AvgIpc) is 2.59. The van der Waals surface area contributed by atoms with Crippen molar-refractivity contribution < 1.29 is 19.4 Å². The summed E-state index contributed by atoms with van der Waals surface area (Å²) in [6, 6.07) is 6.74. The summed E-state index contributed by atoms with van der Waals surface area (Å²) in [6.07, 6.45) is 5.34. The fourth-order valence-corrected chi connectivity index (χ4v) is 3.07. The van der Waals surface area contributed by atoms with Gasteiger partial charge in [-0.05, 0) is 37.1 Å². The van der Waals surface area contributed by atoms with E-state index in [-0.39, 0.29) is 5.91 Å². The van der Waals surface area contributed by atoms with Gasteiger partial charge in [0.2, 0.25) is 0 Å². The lowest BCUT2D eigenvalue weighted by Gasteiger charge is -2.41. The van der Waals surface area contributed by atoms with Crippen molar-refractivity contribution in [3.05, 3.63) is 42.5 Å². The Hall–Kier alpha value is -2.30. The molecule has 0 atom stereocenters. The molecule has 1 amide bonds. The van der Waals surface area contributed by atoms with Crippen LogP contribution in [-0.4, -0.2) is 41.1 Å². The molecule has 0 heterocycles. The van der Waals surface area contributed by atoms with E-state index in [1.807, 2.05) is 0 Å². The Labute approximate surface area is 136 Å². The van der Waals surface area contributed by atoms with E-state index in [9.17, 15) is 14.7 Å². The minimum absolute atomic E-state index is 0.274. The highest BCUT2D eigenvalue weighted by atomic mass is 16.5. The molecule has 0 aliphatic heterocycles. The van der Waals surface area contributed by atoms with Crippen LogP contribution in [-0.2, 0) is 4.79 Å². The van der Waals surface area contributed by atoms with Gasteiger partial charge in [0, 0.05) is 12.6 Å². The van der Waals surface area contributed by atoms with Crippen molar-refractivity contribution in [3.8, 4) is 5.75 Å². The summed E-state index contributed by atoms with van der Waals surface area (Å²) in [6.45, 7) is 3.98. The predicted molar refractivity (Wildman–Crippen MR) is 87.7 cm³/mol. The van der Waals surface area contributed by atoms with Crippen LogP contribution in [0.15, 0.2) is 36.9 Å². The zero-order valence-corrected chi connectivity index (χ0v) is 13.5. The monoisotopic (exact) mass is 317 g/mol. The van der Waals surface area contributed by atoms with Crippen molar-refractivity contribution in [3.63, 3.8) is 0 Å². The molecular weight excluding hydrogens is 294 g/mol. The summed E-state index contributed by atoms with van der Waals surface area (Å²) in [5.41, 5.74) is -0.627. The number of benzene rings is 1. The molecule has 1 aromatic carbocycles. The second kappa shape index (κ2) is 7.31. The van der Waals surface area contributed by atoms with Crippen molar-refractivity contribution in [2.24, 2.45) is 0 Å². The number of rotatable bonds is 6. The highest BCUT2D eigenvalue weighted by Crippen LogP contribution is 2.34. The summed E-state index contributed by atoms with van der Waals surface area (Å²) in [5.74, 6) is -0.543. The van der Waals surface area contributed by atoms with Crippen LogP contribution in [0.2, 0.25) is 0 Å². The lowest BCUT2D eigenvalue weighted by Crippen LogP contribution is -2.56. The topological polar surface area (TPSA) is 66.8 Å². The van der Waals surface area contributed by atoms with Crippen molar-refractivity contribution in [2.45, 2.75) is 37.6 Å². The summed E-state index contributed by atoms with van der Waals surface area (Å²) in [5, 5.41) is 9.67. The van der Waals surface area contributed by atoms with E-state index in [2.05, 4.69) is 6.58 Å². The third-order valence-electron chi connectivity index (χ3n) is 4.49. The van der Waals surface area contributed by atoms with E-state index >= 15 is 0 Å². The molecule has 1 aromatic rings. The molecule has 23 heavy (non-hydrogen) atoms. The first kappa shape index (κ1) is 17.1. The molecule has 0 bridgehead atoms. The van der Waals surface area contributed by atoms with Gasteiger partial charge in [-0.15, -0.1) is 0 Å². The number of carbonyl (C=O) groups is 2. The number of hydrogen-bond donors (Lipinski definition) is 1. The number of carboxylic acids is 1. The average molecular weight is 317 g/mol. The van der Waals surface area contributed by atoms with Gasteiger partial charge in [-0.25, -0.2) is 4.79 Å². The molecule has 124 valence electrons. The number of nitrogens with zero attached hydrogens (tertiary/aromatic N) is 1. The molecule has 5 nitrogen and oxygen atoms in total. The number of carbonyl (C=O) groups excluding carboxylic acids is 1. The highest BCUT2D eigenvalue weighted by molar-refractivity contribution is 5.97. The maximum Gasteiger partial charge on any atom is 0.329 e. The summed E-state index contributed by atoms with van der Waals surface area (Å²) in [7, 11) is 1.59. The SMILES string of the molecule is C=CCOc1ccc(C(=O)N(C)C2(C(=O)O)CCCCC2)cc1. The zero-order chi connectivity index (χ0) is 16.9. The van der Waals surface area contributed by atoms with E-state index in [1.54, 1.807) is 37.4 Å². The molecule has 0 aromatic heterocycles. The van der Waals surface area contributed by atoms with Gasteiger partial charge in [0.1, 0.15) is 17.9 Å². The van der Waals surface area contributed by atoms with Gasteiger partial charge in [0.15, 0.2) is 0 Å². The van der Waals surface area contributed by atoms with Crippen LogP contribution in [0.4, 0.5) is 0 Å². The van der Waals surface area contributed by atoms with Crippen LogP contribution in [0, 0.1) is 0 Å². The minimum atomic E-state index is -1.09. The Morgan fingerprint density at radius 2 is 1.87 bits per heavy atom. The zero-order valence-electron chi connectivity index (χ0n) is 13.5. The lowest BCUT2D eigenvalue weighted by molar-refractivity contribution is -0.151. The largest absolute Gasteiger partial charge is 0.490 e. The normalized spacial score (nSPS) is 16.4. The van der Waals surface area contributed by atoms with Gasteiger partial charge >= 0.3 is 5.97 Å². The Kier molecular flexibility index (Phi) is 5.42. The first-order valence-corrected chi connectivity index (χ1v) is 7.86. The lowest BCUT2D eigenvalue weighted by atomic mass is 9.80. The first-order valence-electron chi connectivity index (χ1n) is 7.86. The van der Waals surface area contributed by atoms with Crippen LogP contribution in [0.25, 0.3) is 0 Å². The van der Waals surface area contributed by atoms with E-state index in [4.69, 9.17) is 4.74 Å². The summed E-state index contributed by atoms with van der Waals surface area (Å²) >= 11 is 0. The van der Waals surface area contributed by atoms with Crippen LogP contribution < -0.4 is 4.74 Å². The Morgan fingerprint density at radius 1 is 1.26 bits per heavy atom. The van der Waals surface area contributed by atoms with E-state index < -0.39 is 11.5 Å². The number of carboxylic acid groups (broad SMARTS) is 1. The van der Waals surface area contributed by atoms with Gasteiger partial charge in [-0.2, -0.15) is 0 Å². The maximum atomic E-state index is 12.7. The molecular formula is C18H23NO4. The first-order chi connectivity index (χ1) is 11.0. The van der Waals surface area contributed by atoms with Crippen LogP contribution in [0.3, 0.4) is 0 Å². The number of hydrogen-bond acceptors (Lipinski definition) is 3. The molecule has 1 N–H and O–H groups in total. The predicted octanol–water partition coefficient (Wildman–Crippen LogP) is 3.11. The van der Waals surface area contributed by atoms with Crippen molar-refractivity contribution >= 4 is 11.9 Å². The van der Waals surface area contributed by atoms with Crippen molar-refractivity contribution in [1.29, 1.82) is 0 Å². The Morgan fingerprint density at radius 3 is 2.39 bits per heavy atom. The number of likely N-dealkylation sites (N-methyl/N-ethyl adjacent to an activating group) is 1. The second-order valence-corrected chi connectivity index (χ2v) is 5.89. The molecule has 1 aliphatic rings. The van der Waals surface area contributed by atoms with Gasteiger partial charge < -0.3 is 14.7 Å². The fourth-order valence-electron chi connectivity index (χ4n) is 3.07. The van der Waals surface area contributed by atoms with Crippen LogP contribution in [0.1, 0.15) is 42.5 Å². The molecule has 1 saturated carbocycles. The van der Waals surface area contributed by atoms with E-state index in [1.165, 1.54) is 4.90 Å². The van der Waals surface area contributed by atoms with Crippen molar-refractivity contribution in [2.75, 3.05) is 13.7 Å². The highest BCUT2D eigenvalue weighted by Gasteiger charge is 2.45. The van der Waals surface area contributed by atoms with Gasteiger partial charge in [0.05, 0.1) is 0 Å². The molecule has 0 saturated heterocycles. The minimum Gasteiger partial charge on any atom is -0.490 e. The number of ether oxygens (including phenoxy) is 1. The smallest absolute Gasteiger partial charge is 0.329 e. The molecule has 0 unspecified atom stereocenters. The molecule has 2 rings (SSSR count). The summed E-state index contributed by atoms with van der Waals surface area (Å²) in [4.78, 5) is 25.9. The van der Waals surface area contributed by atoms with E-state index in [0.29, 0.717) is 30.8 Å². The third-order valence-corrected chi connectivity index (χ3v) is 4.49. The van der Waals surface area contributed by atoms with Gasteiger partial charge in [0.25, 0.3) is 5.91 Å². The van der Waals surface area contributed by atoms with Crippen LogP contribution >= 0.6 is 0 Å². The number of amides is 1. The molecule has 0 radical (unpaired) electrons. The fraction of sp³-hybridized carbons (Fsp3) is 0.444. The molecule has 1 fully saturated rings. The number of aliphatic carboxylic acids is 1. The quantitative estimate of drug-likeness (QED) is 0.819. The summed E-state index contributed by atoms with van der Waals surface area (Å²) < 4.78 is 5.39. The maximum absolute atomic E-state index is 12.7.